The van der Waals surface area contributed by atoms with Gasteiger partial charge in [-0.1, -0.05) is 32.0 Å². The highest BCUT2D eigenvalue weighted by Gasteiger charge is 2.42. The lowest BCUT2D eigenvalue weighted by Gasteiger charge is -2.26. The van der Waals surface area contributed by atoms with Crippen molar-refractivity contribution in [2.45, 2.75) is 32.5 Å². The summed E-state index contributed by atoms with van der Waals surface area (Å²) in [6, 6.07) is 11.3. The van der Waals surface area contributed by atoms with E-state index in [1.807, 2.05) is 18.7 Å². The van der Waals surface area contributed by atoms with E-state index in [1.54, 1.807) is 42.3 Å². The molecule has 3 aromatic rings. The molecule has 1 aromatic carbocycles. The van der Waals surface area contributed by atoms with E-state index in [9.17, 15) is 22.8 Å². The number of amides is 2. The molecule has 0 bridgehead atoms. The Bertz CT molecular complexity index is 1230. The van der Waals surface area contributed by atoms with Crippen LogP contribution < -0.4 is 10.2 Å². The average Bonchev–Trinajstić information content (AvgIpc) is 3.52. The van der Waals surface area contributed by atoms with E-state index in [-0.39, 0.29) is 29.4 Å². The molecular formula is C25H26F3N5O3. The fraction of sp³-hybridized carbons (Fsp3) is 0.360. The molecule has 3 heterocycles. The smallest absolute Gasteiger partial charge is 0.431 e. The van der Waals surface area contributed by atoms with Gasteiger partial charge in [-0.2, -0.15) is 13.2 Å². The van der Waals surface area contributed by atoms with Crippen LogP contribution in [0.5, 0.6) is 0 Å². The molecule has 1 aliphatic heterocycles. The first kappa shape index (κ1) is 25.2. The molecule has 0 saturated carbocycles. The molecule has 36 heavy (non-hydrogen) atoms. The number of halogens is 3. The Hall–Kier alpha value is -3.89. The van der Waals surface area contributed by atoms with Crippen molar-refractivity contribution in [3.63, 3.8) is 0 Å². The number of pyridine rings is 1. The second kappa shape index (κ2) is 10.00. The Kier molecular flexibility index (Phi) is 7.00. The molecule has 2 amide bonds. The SMILES string of the molecule is CC(C)C(=O)N(C)C1CCN(c2ccc(NC(=O)c3nc(-c4ccccc4)oc3C(F)(F)F)cn2)C1. The maximum absolute atomic E-state index is 13.5. The van der Waals surface area contributed by atoms with E-state index in [2.05, 4.69) is 15.3 Å². The number of hydrogen-bond acceptors (Lipinski definition) is 6. The summed E-state index contributed by atoms with van der Waals surface area (Å²) in [6.45, 7) is 5.04. The number of rotatable bonds is 6. The quantitative estimate of drug-likeness (QED) is 0.527. The highest BCUT2D eigenvalue weighted by Crippen LogP contribution is 2.35. The van der Waals surface area contributed by atoms with Gasteiger partial charge in [0.2, 0.25) is 17.6 Å². The number of benzene rings is 1. The molecule has 1 atom stereocenters. The van der Waals surface area contributed by atoms with Crippen LogP contribution in [0.15, 0.2) is 53.1 Å². The van der Waals surface area contributed by atoms with Crippen molar-refractivity contribution >= 4 is 23.3 Å². The van der Waals surface area contributed by atoms with Crippen molar-refractivity contribution in [2.24, 2.45) is 5.92 Å². The number of alkyl halides is 3. The van der Waals surface area contributed by atoms with Crippen molar-refractivity contribution in [1.82, 2.24) is 14.9 Å². The van der Waals surface area contributed by atoms with Gasteiger partial charge in [-0.05, 0) is 30.7 Å². The van der Waals surface area contributed by atoms with Gasteiger partial charge in [-0.25, -0.2) is 9.97 Å². The zero-order chi connectivity index (χ0) is 26.0. The Morgan fingerprint density at radius 1 is 1.17 bits per heavy atom. The van der Waals surface area contributed by atoms with Crippen molar-refractivity contribution in [2.75, 3.05) is 30.4 Å². The Morgan fingerprint density at radius 3 is 2.50 bits per heavy atom. The van der Waals surface area contributed by atoms with E-state index in [1.165, 1.54) is 18.3 Å². The van der Waals surface area contributed by atoms with Gasteiger partial charge >= 0.3 is 6.18 Å². The lowest BCUT2D eigenvalue weighted by molar-refractivity contribution is -0.153. The third-order valence-corrected chi connectivity index (χ3v) is 6.00. The third-order valence-electron chi connectivity index (χ3n) is 6.00. The van der Waals surface area contributed by atoms with Gasteiger partial charge in [0.1, 0.15) is 5.82 Å². The summed E-state index contributed by atoms with van der Waals surface area (Å²) in [5, 5.41) is 2.41. The molecule has 0 radical (unpaired) electrons. The predicted octanol–water partition coefficient (Wildman–Crippen LogP) is 4.70. The van der Waals surface area contributed by atoms with Gasteiger partial charge in [0.15, 0.2) is 5.69 Å². The van der Waals surface area contributed by atoms with Crippen LogP contribution in [-0.2, 0) is 11.0 Å². The molecular weight excluding hydrogens is 475 g/mol. The Labute approximate surface area is 206 Å². The molecule has 2 aromatic heterocycles. The number of carbonyl (C=O) groups excluding carboxylic acids is 2. The predicted molar refractivity (Wildman–Crippen MR) is 127 cm³/mol. The van der Waals surface area contributed by atoms with Gasteiger partial charge in [0.25, 0.3) is 5.91 Å². The van der Waals surface area contributed by atoms with Crippen molar-refractivity contribution in [3.8, 4) is 11.5 Å². The third kappa shape index (κ3) is 5.34. The molecule has 190 valence electrons. The minimum atomic E-state index is -4.90. The maximum atomic E-state index is 13.5. The largest absolute Gasteiger partial charge is 0.452 e. The van der Waals surface area contributed by atoms with Crippen molar-refractivity contribution in [1.29, 1.82) is 0 Å². The number of nitrogens with one attached hydrogen (secondary N) is 1. The summed E-state index contributed by atoms with van der Waals surface area (Å²) in [5.74, 6) is -2.19. The first-order valence-electron chi connectivity index (χ1n) is 11.5. The summed E-state index contributed by atoms with van der Waals surface area (Å²) in [4.78, 5) is 36.9. The molecule has 0 spiro atoms. The van der Waals surface area contributed by atoms with E-state index in [0.717, 1.165) is 6.42 Å². The Morgan fingerprint density at radius 2 is 1.89 bits per heavy atom. The normalized spacial score (nSPS) is 15.9. The average molecular weight is 502 g/mol. The van der Waals surface area contributed by atoms with E-state index in [4.69, 9.17) is 4.42 Å². The first-order chi connectivity index (χ1) is 17.0. The molecule has 1 fully saturated rings. The molecule has 11 heteroatoms. The number of likely N-dealkylation sites (N-methyl/N-ethyl adjacent to an activating group) is 1. The molecule has 8 nitrogen and oxygen atoms in total. The fourth-order valence-corrected chi connectivity index (χ4v) is 4.06. The highest BCUT2D eigenvalue weighted by atomic mass is 19.4. The molecule has 1 unspecified atom stereocenters. The monoisotopic (exact) mass is 501 g/mol. The number of oxazole rings is 1. The summed E-state index contributed by atoms with van der Waals surface area (Å²) < 4.78 is 45.5. The molecule has 1 aliphatic rings. The number of nitrogens with zero attached hydrogens (tertiary/aromatic N) is 4. The van der Waals surface area contributed by atoms with E-state index >= 15 is 0 Å². The van der Waals surface area contributed by atoms with Crippen molar-refractivity contribution in [3.05, 3.63) is 60.1 Å². The molecule has 1 saturated heterocycles. The van der Waals surface area contributed by atoms with Gasteiger partial charge in [0.05, 0.1) is 17.9 Å². The van der Waals surface area contributed by atoms with E-state index in [0.29, 0.717) is 24.5 Å². The molecule has 0 aliphatic carbocycles. The number of hydrogen-bond donors (Lipinski definition) is 1. The van der Waals surface area contributed by atoms with Crippen LogP contribution in [0.2, 0.25) is 0 Å². The van der Waals surface area contributed by atoms with Crippen LogP contribution in [0, 0.1) is 5.92 Å². The van der Waals surface area contributed by atoms with Crippen LogP contribution in [0.1, 0.15) is 36.5 Å². The number of aromatic nitrogens is 2. The topological polar surface area (TPSA) is 91.6 Å². The first-order valence-corrected chi connectivity index (χ1v) is 11.5. The number of anilines is 2. The summed E-state index contributed by atoms with van der Waals surface area (Å²) in [5.41, 5.74) is -0.326. The minimum Gasteiger partial charge on any atom is -0.431 e. The van der Waals surface area contributed by atoms with Gasteiger partial charge < -0.3 is 19.5 Å². The van der Waals surface area contributed by atoms with Crippen LogP contribution >= 0.6 is 0 Å². The zero-order valence-corrected chi connectivity index (χ0v) is 20.0. The number of carbonyl (C=O) groups is 2. The van der Waals surface area contributed by atoms with Crippen LogP contribution in [-0.4, -0.2) is 52.9 Å². The lowest BCUT2D eigenvalue weighted by atomic mass is 10.1. The van der Waals surface area contributed by atoms with Gasteiger partial charge in [0, 0.05) is 31.6 Å². The second-order valence-corrected chi connectivity index (χ2v) is 8.91. The maximum Gasteiger partial charge on any atom is 0.452 e. The van der Waals surface area contributed by atoms with Crippen LogP contribution in [0.3, 0.4) is 0 Å². The fourth-order valence-electron chi connectivity index (χ4n) is 4.06. The zero-order valence-electron chi connectivity index (χ0n) is 20.0. The van der Waals surface area contributed by atoms with Crippen molar-refractivity contribution < 1.29 is 27.2 Å². The van der Waals surface area contributed by atoms with Gasteiger partial charge in [-0.3, -0.25) is 9.59 Å². The van der Waals surface area contributed by atoms with Gasteiger partial charge in [-0.15, -0.1) is 0 Å². The molecule has 4 rings (SSSR count). The molecule has 1 N–H and O–H groups in total. The summed E-state index contributed by atoms with van der Waals surface area (Å²) >= 11 is 0. The standard InChI is InChI=1S/C25H26F3N5O3/c1-15(2)24(35)32(3)18-11-12-33(14-18)19-10-9-17(13-29-19)30-22(34)20-21(25(26,27)28)36-23(31-20)16-7-5-4-6-8-16/h4-10,13,15,18H,11-12,14H2,1-3H3,(H,30,34). The van der Waals surface area contributed by atoms with E-state index < -0.39 is 23.5 Å². The van der Waals surface area contributed by atoms with Crippen LogP contribution in [0.4, 0.5) is 24.7 Å². The summed E-state index contributed by atoms with van der Waals surface area (Å²) in [7, 11) is 1.80. The Balaban J connectivity index is 1.46. The minimum absolute atomic E-state index is 0.0628. The highest BCUT2D eigenvalue weighted by molar-refractivity contribution is 6.04. The summed E-state index contributed by atoms with van der Waals surface area (Å²) in [6.07, 6.45) is -2.73. The lowest BCUT2D eigenvalue weighted by Crippen LogP contribution is -2.41. The second-order valence-electron chi connectivity index (χ2n) is 8.91. The van der Waals surface area contributed by atoms with Crippen LogP contribution in [0.25, 0.3) is 11.5 Å².